The molecule has 62 valence electrons. The molecule has 1 aromatic carbocycles. The van der Waals surface area contributed by atoms with E-state index in [2.05, 4.69) is 11.9 Å². The fourth-order valence-corrected chi connectivity index (χ4v) is 0.870. The summed E-state index contributed by atoms with van der Waals surface area (Å²) in [4.78, 5) is 10.3. The molecule has 0 amide bonds. The Hall–Kier alpha value is -1.57. The van der Waals surface area contributed by atoms with Crippen molar-refractivity contribution in [2.45, 2.75) is 0 Å². The smallest absolute Gasteiger partial charge is 0.150 e. The van der Waals surface area contributed by atoms with Crippen LogP contribution in [0.1, 0.15) is 10.4 Å². The maximum atomic E-state index is 10.3. The Kier molecular flexibility index (Phi) is 3.08. The van der Waals surface area contributed by atoms with Gasteiger partial charge in [0.25, 0.3) is 0 Å². The quantitative estimate of drug-likeness (QED) is 0.541. The predicted molar refractivity (Wildman–Crippen MR) is 50.5 cm³/mol. The second-order valence-corrected chi connectivity index (χ2v) is 2.41. The Bertz CT molecular complexity index is 264. The lowest BCUT2D eigenvalue weighted by molar-refractivity contribution is 0.112. The number of carbonyl (C=O) groups excluding carboxylic acids is 1. The summed E-state index contributed by atoms with van der Waals surface area (Å²) < 4.78 is 0. The molecule has 0 unspecified atom stereocenters. The summed E-state index contributed by atoms with van der Waals surface area (Å²) in [5.41, 5.74) is 1.69. The van der Waals surface area contributed by atoms with Gasteiger partial charge in [0.15, 0.2) is 0 Å². The Morgan fingerprint density at radius 2 is 2.00 bits per heavy atom. The van der Waals surface area contributed by atoms with Crippen molar-refractivity contribution in [2.24, 2.45) is 0 Å². The molecule has 1 rings (SSSR count). The summed E-state index contributed by atoms with van der Waals surface area (Å²) in [5.74, 6) is 0. The lowest BCUT2D eigenvalue weighted by Gasteiger charge is -2.01. The molecule has 0 atom stereocenters. The van der Waals surface area contributed by atoms with Gasteiger partial charge in [0.05, 0.1) is 0 Å². The van der Waals surface area contributed by atoms with Crippen molar-refractivity contribution in [3.8, 4) is 0 Å². The van der Waals surface area contributed by atoms with E-state index in [0.717, 1.165) is 18.5 Å². The van der Waals surface area contributed by atoms with Crippen LogP contribution in [0.2, 0.25) is 0 Å². The third-order valence-corrected chi connectivity index (χ3v) is 1.50. The highest BCUT2D eigenvalue weighted by molar-refractivity contribution is 5.75. The highest BCUT2D eigenvalue weighted by Crippen LogP contribution is 2.07. The third-order valence-electron chi connectivity index (χ3n) is 1.50. The summed E-state index contributed by atoms with van der Waals surface area (Å²) in [6, 6.07) is 7.29. The van der Waals surface area contributed by atoms with Crippen LogP contribution in [0.15, 0.2) is 36.9 Å². The van der Waals surface area contributed by atoms with E-state index in [1.165, 1.54) is 0 Å². The van der Waals surface area contributed by atoms with Crippen LogP contribution in [-0.2, 0) is 0 Å². The molecule has 0 saturated heterocycles. The minimum atomic E-state index is 0.694. The SMILES string of the molecule is C=CCNc1ccc(C=O)cc1. The first-order valence-corrected chi connectivity index (χ1v) is 3.77. The first kappa shape index (κ1) is 8.53. The van der Waals surface area contributed by atoms with Crippen LogP contribution in [0.5, 0.6) is 0 Å². The van der Waals surface area contributed by atoms with Gasteiger partial charge in [-0.3, -0.25) is 4.79 Å². The Morgan fingerprint density at radius 1 is 1.33 bits per heavy atom. The molecule has 0 saturated carbocycles. The number of benzene rings is 1. The molecular weight excluding hydrogens is 150 g/mol. The Labute approximate surface area is 71.9 Å². The number of aldehydes is 1. The zero-order chi connectivity index (χ0) is 8.81. The minimum Gasteiger partial charge on any atom is -0.382 e. The number of hydrogen-bond donors (Lipinski definition) is 1. The second-order valence-electron chi connectivity index (χ2n) is 2.41. The lowest BCUT2D eigenvalue weighted by Crippen LogP contribution is -1.97. The van der Waals surface area contributed by atoms with Gasteiger partial charge in [-0.1, -0.05) is 6.08 Å². The molecule has 0 radical (unpaired) electrons. The molecule has 0 spiro atoms. The van der Waals surface area contributed by atoms with E-state index in [-0.39, 0.29) is 0 Å². The number of nitrogens with one attached hydrogen (secondary N) is 1. The van der Waals surface area contributed by atoms with Gasteiger partial charge in [-0.15, -0.1) is 6.58 Å². The van der Waals surface area contributed by atoms with Crippen LogP contribution >= 0.6 is 0 Å². The van der Waals surface area contributed by atoms with Crippen LogP contribution in [0.4, 0.5) is 5.69 Å². The van der Waals surface area contributed by atoms with Crippen LogP contribution in [0, 0.1) is 0 Å². The topological polar surface area (TPSA) is 29.1 Å². The van der Waals surface area contributed by atoms with E-state index in [4.69, 9.17) is 0 Å². The van der Waals surface area contributed by atoms with E-state index in [0.29, 0.717) is 5.56 Å². The minimum absolute atomic E-state index is 0.694. The first-order chi connectivity index (χ1) is 5.86. The molecule has 0 aliphatic carbocycles. The van der Waals surface area contributed by atoms with Crippen molar-refractivity contribution < 1.29 is 4.79 Å². The maximum Gasteiger partial charge on any atom is 0.150 e. The summed E-state index contributed by atoms with van der Waals surface area (Å²) in [5, 5.41) is 3.11. The van der Waals surface area contributed by atoms with E-state index < -0.39 is 0 Å². The van der Waals surface area contributed by atoms with Gasteiger partial charge >= 0.3 is 0 Å². The lowest BCUT2D eigenvalue weighted by atomic mass is 10.2. The zero-order valence-electron chi connectivity index (χ0n) is 6.79. The summed E-state index contributed by atoms with van der Waals surface area (Å²) in [7, 11) is 0. The van der Waals surface area contributed by atoms with Crippen molar-refractivity contribution in [1.82, 2.24) is 0 Å². The van der Waals surface area contributed by atoms with Crippen molar-refractivity contribution in [2.75, 3.05) is 11.9 Å². The van der Waals surface area contributed by atoms with Crippen LogP contribution in [-0.4, -0.2) is 12.8 Å². The molecule has 0 bridgehead atoms. The fraction of sp³-hybridized carbons (Fsp3) is 0.100. The average Bonchev–Trinajstić information content (AvgIpc) is 2.15. The molecule has 0 fully saturated rings. The van der Waals surface area contributed by atoms with Gasteiger partial charge < -0.3 is 5.32 Å². The average molecular weight is 161 g/mol. The zero-order valence-corrected chi connectivity index (χ0v) is 6.79. The van der Waals surface area contributed by atoms with Gasteiger partial charge in [-0.25, -0.2) is 0 Å². The molecule has 1 N–H and O–H groups in total. The van der Waals surface area contributed by atoms with Crippen LogP contribution in [0.3, 0.4) is 0 Å². The molecule has 0 aromatic heterocycles. The largest absolute Gasteiger partial charge is 0.382 e. The molecule has 1 aromatic rings. The van der Waals surface area contributed by atoms with E-state index in [1.54, 1.807) is 18.2 Å². The molecule has 12 heavy (non-hydrogen) atoms. The van der Waals surface area contributed by atoms with E-state index >= 15 is 0 Å². The Morgan fingerprint density at radius 3 is 2.50 bits per heavy atom. The summed E-state index contributed by atoms with van der Waals surface area (Å²) in [6.07, 6.45) is 2.62. The second kappa shape index (κ2) is 4.34. The molecular formula is C10H11NO. The monoisotopic (exact) mass is 161 g/mol. The number of carbonyl (C=O) groups is 1. The highest BCUT2D eigenvalue weighted by atomic mass is 16.1. The predicted octanol–water partition coefficient (Wildman–Crippen LogP) is 2.10. The van der Waals surface area contributed by atoms with Crippen molar-refractivity contribution in [1.29, 1.82) is 0 Å². The highest BCUT2D eigenvalue weighted by Gasteiger charge is 1.90. The van der Waals surface area contributed by atoms with Crippen LogP contribution in [0.25, 0.3) is 0 Å². The van der Waals surface area contributed by atoms with Gasteiger partial charge in [-0.05, 0) is 24.3 Å². The number of hydrogen-bond acceptors (Lipinski definition) is 2. The van der Waals surface area contributed by atoms with Crippen LogP contribution < -0.4 is 5.32 Å². The normalized spacial score (nSPS) is 9.00. The van der Waals surface area contributed by atoms with Crippen molar-refractivity contribution in [3.05, 3.63) is 42.5 Å². The van der Waals surface area contributed by atoms with Gasteiger partial charge in [0.2, 0.25) is 0 Å². The van der Waals surface area contributed by atoms with E-state index in [9.17, 15) is 4.79 Å². The van der Waals surface area contributed by atoms with Gasteiger partial charge in [0.1, 0.15) is 6.29 Å². The number of anilines is 1. The third kappa shape index (κ3) is 2.23. The summed E-state index contributed by atoms with van der Waals surface area (Å²) >= 11 is 0. The Balaban J connectivity index is 2.64. The van der Waals surface area contributed by atoms with Gasteiger partial charge in [0, 0.05) is 17.8 Å². The molecule has 0 aliphatic rings. The van der Waals surface area contributed by atoms with Crippen molar-refractivity contribution >= 4 is 12.0 Å². The van der Waals surface area contributed by atoms with E-state index in [1.807, 2.05) is 12.1 Å². The molecule has 2 heteroatoms. The standard InChI is InChI=1S/C10H11NO/c1-2-7-11-10-5-3-9(8-12)4-6-10/h2-6,8,11H,1,7H2. The summed E-state index contributed by atoms with van der Waals surface area (Å²) in [6.45, 7) is 4.33. The molecule has 2 nitrogen and oxygen atoms in total. The fourth-order valence-electron chi connectivity index (χ4n) is 0.870. The van der Waals surface area contributed by atoms with Gasteiger partial charge in [-0.2, -0.15) is 0 Å². The molecule has 0 aliphatic heterocycles. The number of rotatable bonds is 4. The van der Waals surface area contributed by atoms with Crippen molar-refractivity contribution in [3.63, 3.8) is 0 Å². The maximum absolute atomic E-state index is 10.3. The molecule has 0 heterocycles. The first-order valence-electron chi connectivity index (χ1n) is 3.77.